The number of nitrogens with zero attached hydrogens (tertiary/aromatic N) is 2. The summed E-state index contributed by atoms with van der Waals surface area (Å²) in [5, 5.41) is 0.132. The molecule has 6 nitrogen and oxygen atoms in total. The molecule has 3 aromatic rings. The number of amides is 1. The van der Waals surface area contributed by atoms with Crippen molar-refractivity contribution in [3.63, 3.8) is 0 Å². The van der Waals surface area contributed by atoms with Crippen LogP contribution in [0, 0.1) is 0 Å². The SMILES string of the molecule is CCS(=O)(=O)c1ccc(C(=O)N(C[C@H]2CCCO2)c2nc3c(C(F)(F)F)cccc3s2)cc1. The first-order valence-electron chi connectivity index (χ1n) is 10.3. The van der Waals surface area contributed by atoms with Crippen molar-refractivity contribution in [1.29, 1.82) is 0 Å². The second-order valence-corrected chi connectivity index (χ2v) is 10.9. The number of thiazole rings is 1. The van der Waals surface area contributed by atoms with Crippen LogP contribution in [0.1, 0.15) is 35.7 Å². The molecule has 4 rings (SSSR count). The molecule has 11 heteroatoms. The normalized spacial score (nSPS) is 16.9. The third kappa shape index (κ3) is 4.90. The molecular weight excluding hydrogens is 477 g/mol. The van der Waals surface area contributed by atoms with Crippen molar-refractivity contribution in [3.8, 4) is 0 Å². The number of ether oxygens (including phenoxy) is 1. The van der Waals surface area contributed by atoms with Crippen LogP contribution in [0.4, 0.5) is 18.3 Å². The van der Waals surface area contributed by atoms with Crippen LogP contribution in [0.15, 0.2) is 47.4 Å². The fraction of sp³-hybridized carbons (Fsp3) is 0.364. The van der Waals surface area contributed by atoms with Crippen molar-refractivity contribution in [1.82, 2.24) is 4.98 Å². The Morgan fingerprint density at radius 1 is 1.21 bits per heavy atom. The maximum atomic E-state index is 13.5. The minimum Gasteiger partial charge on any atom is -0.376 e. The minimum atomic E-state index is -4.57. The topological polar surface area (TPSA) is 76.6 Å². The number of benzene rings is 2. The number of hydrogen-bond donors (Lipinski definition) is 0. The van der Waals surface area contributed by atoms with E-state index in [1.54, 1.807) is 0 Å². The van der Waals surface area contributed by atoms with Gasteiger partial charge < -0.3 is 4.74 Å². The quantitative estimate of drug-likeness (QED) is 0.482. The molecule has 0 unspecified atom stereocenters. The van der Waals surface area contributed by atoms with Crippen LogP contribution in [-0.4, -0.2) is 44.3 Å². The molecular formula is C22H21F3N2O4S2. The molecule has 0 bridgehead atoms. The van der Waals surface area contributed by atoms with Crippen molar-refractivity contribution in [2.75, 3.05) is 23.8 Å². The Morgan fingerprint density at radius 2 is 1.94 bits per heavy atom. The molecule has 1 amide bonds. The minimum absolute atomic E-state index is 0.0708. The summed E-state index contributed by atoms with van der Waals surface area (Å²) in [5.74, 6) is -0.558. The predicted molar refractivity (Wildman–Crippen MR) is 119 cm³/mol. The first-order valence-corrected chi connectivity index (χ1v) is 12.8. The number of anilines is 1. The highest BCUT2D eigenvalue weighted by Crippen LogP contribution is 2.39. The number of hydrogen-bond acceptors (Lipinski definition) is 6. The van der Waals surface area contributed by atoms with Crippen molar-refractivity contribution >= 4 is 42.4 Å². The Hall–Kier alpha value is -2.50. The van der Waals surface area contributed by atoms with Crippen LogP contribution in [0.3, 0.4) is 0 Å². The van der Waals surface area contributed by atoms with Gasteiger partial charge >= 0.3 is 6.18 Å². The lowest BCUT2D eigenvalue weighted by atomic mass is 10.1. The Labute approximate surface area is 192 Å². The van der Waals surface area contributed by atoms with Gasteiger partial charge in [0.25, 0.3) is 5.91 Å². The smallest absolute Gasteiger partial charge is 0.376 e. The van der Waals surface area contributed by atoms with Gasteiger partial charge in [-0.25, -0.2) is 13.4 Å². The van der Waals surface area contributed by atoms with E-state index in [1.165, 1.54) is 48.2 Å². The molecule has 0 saturated carbocycles. The van der Waals surface area contributed by atoms with Gasteiger partial charge in [-0.1, -0.05) is 24.3 Å². The van der Waals surface area contributed by atoms with E-state index >= 15 is 0 Å². The van der Waals surface area contributed by atoms with E-state index in [4.69, 9.17) is 4.74 Å². The van der Waals surface area contributed by atoms with Gasteiger partial charge in [-0.05, 0) is 49.2 Å². The van der Waals surface area contributed by atoms with Crippen molar-refractivity contribution in [2.24, 2.45) is 0 Å². The summed E-state index contributed by atoms with van der Waals surface area (Å²) in [7, 11) is -3.43. The van der Waals surface area contributed by atoms with E-state index in [1.807, 2.05) is 0 Å². The van der Waals surface area contributed by atoms with Gasteiger partial charge in [-0.2, -0.15) is 13.2 Å². The van der Waals surface area contributed by atoms with Crippen LogP contribution in [0.25, 0.3) is 10.2 Å². The average Bonchev–Trinajstić information content (AvgIpc) is 3.45. The highest BCUT2D eigenvalue weighted by Gasteiger charge is 2.35. The van der Waals surface area contributed by atoms with Gasteiger partial charge in [0.1, 0.15) is 0 Å². The van der Waals surface area contributed by atoms with Gasteiger partial charge in [0.15, 0.2) is 15.0 Å². The molecule has 1 fully saturated rings. The van der Waals surface area contributed by atoms with E-state index in [2.05, 4.69) is 4.98 Å². The first-order chi connectivity index (χ1) is 15.6. The molecule has 33 heavy (non-hydrogen) atoms. The molecule has 2 aromatic carbocycles. The van der Waals surface area contributed by atoms with Crippen molar-refractivity contribution in [2.45, 2.75) is 36.9 Å². The van der Waals surface area contributed by atoms with Gasteiger partial charge in [0, 0.05) is 12.2 Å². The maximum Gasteiger partial charge on any atom is 0.418 e. The molecule has 1 aliphatic rings. The monoisotopic (exact) mass is 498 g/mol. The zero-order chi connectivity index (χ0) is 23.8. The Balaban J connectivity index is 1.73. The standard InChI is InChI=1S/C22H21F3N2O4S2/c1-2-33(29,30)16-10-8-14(9-11-16)20(28)27(13-15-5-4-12-31-15)21-26-19-17(22(23,24)25)6-3-7-18(19)32-21/h3,6-11,15H,2,4-5,12-13H2,1H3/t15-/m1/s1. The van der Waals surface area contributed by atoms with Crippen LogP contribution in [-0.2, 0) is 20.8 Å². The number of halogens is 3. The van der Waals surface area contributed by atoms with Gasteiger partial charge in [0.2, 0.25) is 0 Å². The average molecular weight is 499 g/mol. The van der Waals surface area contributed by atoms with E-state index in [0.29, 0.717) is 11.3 Å². The number of carbonyl (C=O) groups is 1. The summed E-state index contributed by atoms with van der Waals surface area (Å²) >= 11 is 0.996. The number of alkyl halides is 3. The van der Waals surface area contributed by atoms with E-state index < -0.39 is 27.5 Å². The number of aromatic nitrogens is 1. The van der Waals surface area contributed by atoms with E-state index in [0.717, 1.165) is 30.2 Å². The number of para-hydroxylation sites is 1. The Kier molecular flexibility index (Phi) is 6.47. The third-order valence-corrected chi connectivity index (χ3v) is 8.23. The molecule has 1 atom stereocenters. The van der Waals surface area contributed by atoms with Crippen LogP contribution >= 0.6 is 11.3 Å². The summed E-state index contributed by atoms with van der Waals surface area (Å²) in [5.41, 5.74) is -0.862. The predicted octanol–water partition coefficient (Wildman–Crippen LogP) is 4.93. The van der Waals surface area contributed by atoms with E-state index in [9.17, 15) is 26.4 Å². The molecule has 0 radical (unpaired) electrons. The molecule has 0 N–H and O–H groups in total. The number of carbonyl (C=O) groups excluding carboxylic acids is 1. The second kappa shape index (κ2) is 9.03. The first kappa shape index (κ1) is 23.7. The van der Waals surface area contributed by atoms with Gasteiger partial charge in [-0.3, -0.25) is 9.69 Å². The lowest BCUT2D eigenvalue weighted by Gasteiger charge is -2.23. The van der Waals surface area contributed by atoms with Gasteiger partial charge in [-0.15, -0.1) is 0 Å². The summed E-state index contributed by atoms with van der Waals surface area (Å²) in [4.78, 5) is 19.0. The summed E-state index contributed by atoms with van der Waals surface area (Å²) < 4.78 is 70.5. The van der Waals surface area contributed by atoms with E-state index in [-0.39, 0.29) is 39.5 Å². The summed E-state index contributed by atoms with van der Waals surface area (Å²) in [6.45, 7) is 2.21. The summed E-state index contributed by atoms with van der Waals surface area (Å²) in [6, 6.07) is 9.33. The fourth-order valence-electron chi connectivity index (χ4n) is 3.65. The van der Waals surface area contributed by atoms with Crippen LogP contribution in [0.2, 0.25) is 0 Å². The maximum absolute atomic E-state index is 13.5. The number of sulfone groups is 1. The molecule has 1 aliphatic heterocycles. The second-order valence-electron chi connectivity index (χ2n) is 7.63. The number of fused-ring (bicyclic) bond motifs is 1. The summed E-state index contributed by atoms with van der Waals surface area (Å²) in [6.07, 6.45) is -3.29. The molecule has 0 aliphatic carbocycles. The highest BCUT2D eigenvalue weighted by atomic mass is 32.2. The highest BCUT2D eigenvalue weighted by molar-refractivity contribution is 7.91. The number of rotatable bonds is 6. The molecule has 0 spiro atoms. The molecule has 176 valence electrons. The lowest BCUT2D eigenvalue weighted by molar-refractivity contribution is -0.136. The van der Waals surface area contributed by atoms with Gasteiger partial charge in [0.05, 0.1) is 39.1 Å². The van der Waals surface area contributed by atoms with Crippen LogP contribution < -0.4 is 4.90 Å². The Morgan fingerprint density at radius 3 is 2.55 bits per heavy atom. The van der Waals surface area contributed by atoms with Crippen molar-refractivity contribution in [3.05, 3.63) is 53.6 Å². The molecule has 1 saturated heterocycles. The largest absolute Gasteiger partial charge is 0.418 e. The zero-order valence-electron chi connectivity index (χ0n) is 17.6. The van der Waals surface area contributed by atoms with Crippen molar-refractivity contribution < 1.29 is 31.1 Å². The lowest BCUT2D eigenvalue weighted by Crippen LogP contribution is -2.37. The zero-order valence-corrected chi connectivity index (χ0v) is 19.3. The third-order valence-electron chi connectivity index (χ3n) is 5.44. The molecule has 2 heterocycles. The van der Waals surface area contributed by atoms with Crippen LogP contribution in [0.5, 0.6) is 0 Å². The fourth-order valence-corrected chi connectivity index (χ4v) is 5.53. The Bertz CT molecular complexity index is 1270. The molecule has 1 aromatic heterocycles.